The molecule has 3 N–H and O–H groups in total. The maximum absolute atomic E-state index is 12.2. The second kappa shape index (κ2) is 8.92. The van der Waals surface area contributed by atoms with Gasteiger partial charge in [-0.1, -0.05) is 6.07 Å². The van der Waals surface area contributed by atoms with Crippen LogP contribution in [-0.2, 0) is 16.1 Å². The second-order valence-electron chi connectivity index (χ2n) is 8.44. The molecule has 0 bridgehead atoms. The molecule has 4 heterocycles. The van der Waals surface area contributed by atoms with Crippen LogP contribution in [0.25, 0.3) is 0 Å². The number of aryl methyl sites for hydroxylation is 1. The van der Waals surface area contributed by atoms with Gasteiger partial charge in [-0.15, -0.1) is 11.3 Å². The van der Waals surface area contributed by atoms with E-state index in [1.807, 2.05) is 18.2 Å². The molecule has 1 aromatic carbocycles. The molecule has 10 nitrogen and oxygen atoms in total. The number of benzene rings is 1. The summed E-state index contributed by atoms with van der Waals surface area (Å²) in [4.78, 5) is 46.3. The Hall–Kier alpha value is -3.70. The van der Waals surface area contributed by atoms with Gasteiger partial charge in [-0.25, -0.2) is 15.2 Å². The quantitative estimate of drug-likeness (QED) is 0.582. The molecule has 5 rings (SSSR count). The molecule has 0 spiro atoms. The molecule has 0 radical (unpaired) electrons. The van der Waals surface area contributed by atoms with E-state index in [2.05, 4.69) is 45.9 Å². The van der Waals surface area contributed by atoms with Crippen LogP contribution in [0.5, 0.6) is 0 Å². The SMILES string of the molecule is Cc1cc2c(s1)Nc1ccc(CNC(=O)NN3C(=O)C=CC3=O)cc1N=C2N1CCN(C)CC1. The van der Waals surface area contributed by atoms with Gasteiger partial charge in [0.1, 0.15) is 10.8 Å². The lowest BCUT2D eigenvalue weighted by Gasteiger charge is -2.34. The van der Waals surface area contributed by atoms with Crippen LogP contribution >= 0.6 is 11.3 Å². The van der Waals surface area contributed by atoms with E-state index in [-0.39, 0.29) is 6.54 Å². The van der Waals surface area contributed by atoms with Crippen LogP contribution in [0.1, 0.15) is 16.0 Å². The van der Waals surface area contributed by atoms with E-state index >= 15 is 0 Å². The number of aliphatic imine (C=N–C) groups is 1. The van der Waals surface area contributed by atoms with Crippen molar-refractivity contribution >= 4 is 51.4 Å². The fourth-order valence-electron chi connectivity index (χ4n) is 4.05. The zero-order valence-electron chi connectivity index (χ0n) is 18.9. The Morgan fingerprint density at radius 1 is 1.12 bits per heavy atom. The molecule has 0 unspecified atom stereocenters. The minimum absolute atomic E-state index is 0.211. The number of fused-ring (bicyclic) bond motifs is 2. The molecule has 1 saturated heterocycles. The molecule has 11 heteroatoms. The summed E-state index contributed by atoms with van der Waals surface area (Å²) >= 11 is 1.71. The van der Waals surface area contributed by atoms with Gasteiger partial charge >= 0.3 is 6.03 Å². The number of carbonyl (C=O) groups excluding carboxylic acids is 3. The van der Waals surface area contributed by atoms with E-state index in [1.54, 1.807) is 11.3 Å². The van der Waals surface area contributed by atoms with Crippen molar-refractivity contribution in [3.8, 4) is 0 Å². The summed E-state index contributed by atoms with van der Waals surface area (Å²) in [5.41, 5.74) is 5.91. The molecule has 1 fully saturated rings. The molecule has 3 aliphatic rings. The fraction of sp³-hybridized carbons (Fsp3) is 0.304. The van der Waals surface area contributed by atoms with Gasteiger partial charge in [-0.3, -0.25) is 9.59 Å². The standard InChI is InChI=1S/C23H25N7O3S/c1-14-11-16-21(29-9-7-28(2)8-10-29)25-18-12-15(3-4-17(18)26-22(16)34-14)13-24-23(33)27-30-19(31)5-6-20(30)32/h3-6,11-12,26H,7-10,13H2,1-2H3,(H2,24,27,33). The third-order valence-corrected chi connectivity index (χ3v) is 6.88. The van der Waals surface area contributed by atoms with Gasteiger partial charge in [0.25, 0.3) is 11.8 Å². The van der Waals surface area contributed by atoms with E-state index in [0.29, 0.717) is 5.01 Å². The molecule has 1 aromatic heterocycles. The summed E-state index contributed by atoms with van der Waals surface area (Å²) < 4.78 is 0. The fourth-order valence-corrected chi connectivity index (χ4v) is 4.97. The van der Waals surface area contributed by atoms with Crippen molar-refractivity contribution in [1.82, 2.24) is 25.6 Å². The van der Waals surface area contributed by atoms with E-state index in [4.69, 9.17) is 4.99 Å². The first-order valence-corrected chi connectivity index (χ1v) is 11.8. The first-order valence-electron chi connectivity index (χ1n) is 11.0. The maximum Gasteiger partial charge on any atom is 0.334 e. The molecule has 0 aliphatic carbocycles. The van der Waals surface area contributed by atoms with Crippen LogP contribution in [0.15, 0.2) is 41.4 Å². The number of carbonyl (C=O) groups is 3. The number of amidine groups is 1. The van der Waals surface area contributed by atoms with Crippen LogP contribution in [0.3, 0.4) is 0 Å². The number of nitrogens with zero attached hydrogens (tertiary/aromatic N) is 4. The third-order valence-electron chi connectivity index (χ3n) is 5.91. The van der Waals surface area contributed by atoms with Gasteiger partial charge in [-0.05, 0) is 37.7 Å². The van der Waals surface area contributed by atoms with Crippen LogP contribution in [-0.4, -0.2) is 71.7 Å². The highest BCUT2D eigenvalue weighted by Crippen LogP contribution is 2.39. The van der Waals surface area contributed by atoms with Gasteiger partial charge < -0.3 is 20.4 Å². The molecule has 4 amide bonds. The number of hydrogen-bond acceptors (Lipinski definition) is 8. The number of hydrogen-bond donors (Lipinski definition) is 3. The van der Waals surface area contributed by atoms with E-state index in [1.165, 1.54) is 4.88 Å². The predicted molar refractivity (Wildman–Crippen MR) is 130 cm³/mol. The van der Waals surface area contributed by atoms with E-state index in [0.717, 1.165) is 71.7 Å². The summed E-state index contributed by atoms with van der Waals surface area (Å²) in [7, 11) is 2.13. The number of urea groups is 1. The summed E-state index contributed by atoms with van der Waals surface area (Å²) in [6, 6.07) is 7.35. The summed E-state index contributed by atoms with van der Waals surface area (Å²) in [5, 5.41) is 7.96. The van der Waals surface area contributed by atoms with Crippen LogP contribution in [0.4, 0.5) is 21.2 Å². The summed E-state index contributed by atoms with van der Waals surface area (Å²) in [6.45, 7) is 6.08. The van der Waals surface area contributed by atoms with Crippen LogP contribution in [0.2, 0.25) is 0 Å². The summed E-state index contributed by atoms with van der Waals surface area (Å²) in [5.74, 6) is -0.199. The molecule has 0 saturated carbocycles. The molecule has 2 aromatic rings. The topological polar surface area (TPSA) is 109 Å². The normalized spacial score (nSPS) is 17.6. The largest absolute Gasteiger partial charge is 0.353 e. The van der Waals surface area contributed by atoms with Gasteiger partial charge in [0, 0.05) is 49.8 Å². The highest BCUT2D eigenvalue weighted by Gasteiger charge is 2.27. The number of thiophene rings is 1. The van der Waals surface area contributed by atoms with Gasteiger partial charge in [-0.2, -0.15) is 5.01 Å². The number of nitrogens with one attached hydrogen (secondary N) is 3. The number of rotatable bonds is 3. The second-order valence-corrected chi connectivity index (χ2v) is 9.70. The number of imide groups is 1. The number of piperazine rings is 1. The Balaban J connectivity index is 1.35. The van der Waals surface area contributed by atoms with Crippen LogP contribution in [0, 0.1) is 6.92 Å². The Kier molecular flexibility index (Phi) is 5.80. The van der Waals surface area contributed by atoms with E-state index < -0.39 is 17.8 Å². The van der Waals surface area contributed by atoms with Crippen molar-refractivity contribution in [3.05, 3.63) is 52.4 Å². The van der Waals surface area contributed by atoms with Gasteiger partial charge in [0.15, 0.2) is 0 Å². The Morgan fingerprint density at radius 2 is 1.85 bits per heavy atom. The summed E-state index contributed by atoms with van der Waals surface area (Å²) in [6.07, 6.45) is 2.22. The lowest BCUT2D eigenvalue weighted by molar-refractivity contribution is -0.139. The molecular weight excluding hydrogens is 454 g/mol. The van der Waals surface area contributed by atoms with Crippen molar-refractivity contribution in [2.75, 3.05) is 38.5 Å². The van der Waals surface area contributed by atoms with Crippen molar-refractivity contribution in [1.29, 1.82) is 0 Å². The monoisotopic (exact) mass is 479 g/mol. The molecular formula is C23H25N7O3S. The molecule has 176 valence electrons. The maximum atomic E-state index is 12.2. The smallest absolute Gasteiger partial charge is 0.334 e. The highest BCUT2D eigenvalue weighted by atomic mass is 32.1. The first-order chi connectivity index (χ1) is 16.4. The zero-order valence-corrected chi connectivity index (χ0v) is 19.7. The Bertz CT molecular complexity index is 1210. The lowest BCUT2D eigenvalue weighted by Crippen LogP contribution is -2.49. The van der Waals surface area contributed by atoms with Crippen LogP contribution < -0.4 is 16.1 Å². The molecule has 3 aliphatic heterocycles. The predicted octanol–water partition coefficient (Wildman–Crippen LogP) is 2.08. The Labute approximate surface area is 200 Å². The third kappa shape index (κ3) is 4.39. The number of amides is 4. The van der Waals surface area contributed by atoms with Crippen molar-refractivity contribution in [3.63, 3.8) is 0 Å². The van der Waals surface area contributed by atoms with Crippen molar-refractivity contribution in [2.24, 2.45) is 4.99 Å². The molecule has 0 atom stereocenters. The van der Waals surface area contributed by atoms with Crippen molar-refractivity contribution < 1.29 is 14.4 Å². The Morgan fingerprint density at radius 3 is 2.59 bits per heavy atom. The number of hydrazine groups is 1. The van der Waals surface area contributed by atoms with Gasteiger partial charge in [0.05, 0.1) is 16.9 Å². The number of anilines is 2. The van der Waals surface area contributed by atoms with Crippen molar-refractivity contribution in [2.45, 2.75) is 13.5 Å². The number of likely N-dealkylation sites (N-methyl/N-ethyl adjacent to an activating group) is 1. The zero-order chi connectivity index (χ0) is 23.8. The first kappa shape index (κ1) is 22.1. The minimum atomic E-state index is -0.641. The van der Waals surface area contributed by atoms with Gasteiger partial charge in [0.2, 0.25) is 0 Å². The molecule has 34 heavy (non-hydrogen) atoms. The average molecular weight is 480 g/mol. The minimum Gasteiger partial charge on any atom is -0.353 e. The lowest BCUT2D eigenvalue weighted by atomic mass is 10.1. The average Bonchev–Trinajstić information content (AvgIpc) is 3.29. The highest BCUT2D eigenvalue weighted by molar-refractivity contribution is 7.16. The van der Waals surface area contributed by atoms with E-state index in [9.17, 15) is 14.4 Å².